The number of halogens is 3. The number of hydrogen-bond donors (Lipinski definition) is 1. The molecule has 2 aromatic carbocycles. The summed E-state index contributed by atoms with van der Waals surface area (Å²) in [5.41, 5.74) is 2.03. The van der Waals surface area contributed by atoms with Crippen LogP contribution in [0.4, 0.5) is 0 Å². The molecule has 1 N–H and O–H groups in total. The Morgan fingerprint density at radius 2 is 1.47 bits per heavy atom. The van der Waals surface area contributed by atoms with Crippen molar-refractivity contribution < 1.29 is 5.11 Å². The Morgan fingerprint density at radius 1 is 0.853 bits per heavy atom. The minimum atomic E-state index is -0.606. The molecule has 1 saturated carbocycles. The first kappa shape index (κ1) is 29.4. The highest BCUT2D eigenvalue weighted by Gasteiger charge is 2.40. The summed E-state index contributed by atoms with van der Waals surface area (Å²) in [6.07, 6.45) is 6.50. The van der Waals surface area contributed by atoms with E-state index in [1.807, 2.05) is 12.1 Å². The minimum Gasteiger partial charge on any atom is -0.389 e. The van der Waals surface area contributed by atoms with E-state index in [9.17, 15) is 5.11 Å². The zero-order chi connectivity index (χ0) is 22.4. The fourth-order valence-electron chi connectivity index (χ4n) is 5.60. The summed E-state index contributed by atoms with van der Waals surface area (Å²) in [5.74, 6) is 0.730. The molecule has 6 heteroatoms. The van der Waals surface area contributed by atoms with Gasteiger partial charge in [-0.05, 0) is 55.0 Å². The maximum Gasteiger partial charge on any atom is 0.0728 e. The molecule has 2 fully saturated rings. The second-order valence-corrected chi connectivity index (χ2v) is 10.5. The van der Waals surface area contributed by atoms with E-state index >= 15 is 0 Å². The summed E-state index contributed by atoms with van der Waals surface area (Å²) in [7, 11) is 0. The van der Waals surface area contributed by atoms with Crippen LogP contribution in [0.25, 0.3) is 0 Å². The van der Waals surface area contributed by atoms with E-state index in [-0.39, 0.29) is 30.7 Å². The van der Waals surface area contributed by atoms with E-state index in [4.69, 9.17) is 11.6 Å². The van der Waals surface area contributed by atoms with E-state index in [0.29, 0.717) is 5.92 Å². The molecule has 2 unspecified atom stereocenters. The van der Waals surface area contributed by atoms with Crippen LogP contribution >= 0.6 is 36.4 Å². The van der Waals surface area contributed by atoms with Gasteiger partial charge in [0, 0.05) is 43.7 Å². The van der Waals surface area contributed by atoms with Crippen LogP contribution in [0.3, 0.4) is 0 Å². The number of hydrogen-bond acceptors (Lipinski definition) is 3. The highest BCUT2D eigenvalue weighted by Crippen LogP contribution is 2.41. The fraction of sp³-hybridized carbons (Fsp3) is 0.571. The largest absolute Gasteiger partial charge is 0.389 e. The van der Waals surface area contributed by atoms with Crippen molar-refractivity contribution in [2.24, 2.45) is 0 Å². The first-order valence-electron chi connectivity index (χ1n) is 12.5. The Balaban J connectivity index is 0.00000204. The molecule has 0 bridgehead atoms. The molecule has 34 heavy (non-hydrogen) atoms. The second-order valence-electron chi connectivity index (χ2n) is 10.0. The lowest BCUT2D eigenvalue weighted by Crippen LogP contribution is -2.51. The molecule has 2 aliphatic rings. The third-order valence-electron chi connectivity index (χ3n) is 7.77. The minimum absolute atomic E-state index is 0. The first-order valence-corrected chi connectivity index (χ1v) is 12.9. The highest BCUT2D eigenvalue weighted by atomic mass is 35.5. The van der Waals surface area contributed by atoms with E-state index < -0.39 is 5.60 Å². The molecule has 3 nitrogen and oxygen atoms in total. The van der Waals surface area contributed by atoms with Crippen molar-refractivity contribution in [3.63, 3.8) is 0 Å². The SMILES string of the molecule is CC(CCN1CCN(CC(c2cccc(Cl)c2)C2(O)CCCCC2)CC1)c1ccccc1.Cl.Cl. The predicted molar refractivity (Wildman–Crippen MR) is 149 cm³/mol. The summed E-state index contributed by atoms with van der Waals surface area (Å²) in [6, 6.07) is 19.1. The second kappa shape index (κ2) is 14.1. The molecule has 0 spiro atoms. The molecule has 2 aromatic rings. The van der Waals surface area contributed by atoms with Gasteiger partial charge in [0.2, 0.25) is 0 Å². The average Bonchev–Trinajstić information content (AvgIpc) is 2.82. The first-order chi connectivity index (χ1) is 15.5. The van der Waals surface area contributed by atoms with Crippen molar-refractivity contribution in [1.29, 1.82) is 0 Å². The van der Waals surface area contributed by atoms with Gasteiger partial charge in [0.15, 0.2) is 0 Å². The summed E-state index contributed by atoms with van der Waals surface area (Å²) < 4.78 is 0. The lowest BCUT2D eigenvalue weighted by molar-refractivity contribution is -0.0342. The van der Waals surface area contributed by atoms with Crippen LogP contribution in [0.1, 0.15) is 68.4 Å². The van der Waals surface area contributed by atoms with Gasteiger partial charge in [-0.25, -0.2) is 0 Å². The maximum absolute atomic E-state index is 11.6. The molecular formula is C28H41Cl3N2O. The lowest BCUT2D eigenvalue weighted by atomic mass is 9.72. The molecule has 0 aromatic heterocycles. The molecule has 0 amide bonds. The molecule has 0 radical (unpaired) electrons. The van der Waals surface area contributed by atoms with Crippen LogP contribution in [0.5, 0.6) is 0 Å². The number of piperazine rings is 1. The molecular weight excluding hydrogens is 487 g/mol. The number of rotatable bonds is 8. The van der Waals surface area contributed by atoms with Crippen molar-refractivity contribution in [3.8, 4) is 0 Å². The van der Waals surface area contributed by atoms with Gasteiger partial charge in [-0.2, -0.15) is 0 Å². The van der Waals surface area contributed by atoms with Crippen molar-refractivity contribution >= 4 is 36.4 Å². The van der Waals surface area contributed by atoms with Crippen LogP contribution in [0.2, 0.25) is 5.02 Å². The zero-order valence-electron chi connectivity index (χ0n) is 20.4. The zero-order valence-corrected chi connectivity index (χ0v) is 22.8. The van der Waals surface area contributed by atoms with Gasteiger partial charge in [0.05, 0.1) is 5.60 Å². The smallest absolute Gasteiger partial charge is 0.0728 e. The van der Waals surface area contributed by atoms with E-state index in [1.165, 1.54) is 24.0 Å². The highest BCUT2D eigenvalue weighted by molar-refractivity contribution is 6.30. The Morgan fingerprint density at radius 3 is 2.12 bits per heavy atom. The third kappa shape index (κ3) is 7.85. The van der Waals surface area contributed by atoms with Crippen molar-refractivity contribution in [2.45, 2.75) is 62.9 Å². The van der Waals surface area contributed by atoms with Crippen LogP contribution in [0, 0.1) is 0 Å². The number of benzene rings is 2. The van der Waals surface area contributed by atoms with Gasteiger partial charge >= 0.3 is 0 Å². The normalized spacial score (nSPS) is 20.6. The average molecular weight is 528 g/mol. The van der Waals surface area contributed by atoms with Crippen LogP contribution in [-0.2, 0) is 0 Å². The van der Waals surface area contributed by atoms with Gasteiger partial charge < -0.3 is 14.9 Å². The monoisotopic (exact) mass is 526 g/mol. The van der Waals surface area contributed by atoms with E-state index in [1.54, 1.807) is 0 Å². The molecule has 1 aliphatic carbocycles. The van der Waals surface area contributed by atoms with Crippen molar-refractivity contribution in [3.05, 3.63) is 70.7 Å². The third-order valence-corrected chi connectivity index (χ3v) is 8.01. The van der Waals surface area contributed by atoms with Gasteiger partial charge in [0.25, 0.3) is 0 Å². The van der Waals surface area contributed by atoms with Crippen molar-refractivity contribution in [2.75, 3.05) is 39.3 Å². The van der Waals surface area contributed by atoms with Crippen LogP contribution < -0.4 is 0 Å². The molecule has 1 heterocycles. The summed E-state index contributed by atoms with van der Waals surface area (Å²) in [5, 5.41) is 12.4. The fourth-order valence-corrected chi connectivity index (χ4v) is 5.80. The van der Waals surface area contributed by atoms with Crippen LogP contribution in [0.15, 0.2) is 54.6 Å². The number of nitrogens with zero attached hydrogens (tertiary/aromatic N) is 2. The maximum atomic E-state index is 11.6. The Hall–Kier alpha value is -0.810. The topological polar surface area (TPSA) is 26.7 Å². The van der Waals surface area contributed by atoms with E-state index in [0.717, 1.165) is 70.0 Å². The van der Waals surface area contributed by atoms with Crippen LogP contribution in [-0.4, -0.2) is 59.8 Å². The summed E-state index contributed by atoms with van der Waals surface area (Å²) in [4.78, 5) is 5.18. The Bertz CT molecular complexity index is 837. The van der Waals surface area contributed by atoms with Gasteiger partial charge in [0.1, 0.15) is 0 Å². The molecule has 2 atom stereocenters. The standard InChI is InChI=1S/C28H39ClN2O.2ClH/c1-23(24-9-4-2-5-10-24)13-16-30-17-19-31(20-18-30)22-27(25-11-8-12-26(29)21-25)28(32)14-6-3-7-15-28;;/h2,4-5,8-12,21,23,27,32H,3,6-7,13-20,22H2,1H3;2*1H. The van der Waals surface area contributed by atoms with Gasteiger partial charge in [-0.15, -0.1) is 24.8 Å². The molecule has 4 rings (SSSR count). The summed E-state index contributed by atoms with van der Waals surface area (Å²) >= 11 is 6.34. The van der Waals surface area contributed by atoms with Gasteiger partial charge in [-0.3, -0.25) is 0 Å². The number of aliphatic hydroxyl groups is 1. The Kier molecular flexibility index (Phi) is 12.2. The summed E-state index contributed by atoms with van der Waals surface area (Å²) in [6.45, 7) is 8.80. The van der Waals surface area contributed by atoms with E-state index in [2.05, 4.69) is 59.2 Å². The predicted octanol–water partition coefficient (Wildman–Crippen LogP) is 6.77. The Labute approximate surface area is 223 Å². The quantitative estimate of drug-likeness (QED) is 0.410. The van der Waals surface area contributed by atoms with Crippen molar-refractivity contribution in [1.82, 2.24) is 9.80 Å². The molecule has 1 saturated heterocycles. The van der Waals surface area contributed by atoms with Gasteiger partial charge in [-0.1, -0.05) is 80.3 Å². The molecule has 1 aliphatic heterocycles. The molecule has 190 valence electrons. The lowest BCUT2D eigenvalue weighted by Gasteiger charge is -2.43.